The van der Waals surface area contributed by atoms with E-state index >= 15 is 0 Å². The Hall–Kier alpha value is -5.20. The van der Waals surface area contributed by atoms with Crippen LogP contribution in [0.5, 0.6) is 17.2 Å². The van der Waals surface area contributed by atoms with E-state index in [9.17, 15) is 9.18 Å². The Balaban J connectivity index is 1.07. The first kappa shape index (κ1) is 34.3. The Morgan fingerprint density at radius 1 is 0.980 bits per heavy atom. The minimum Gasteiger partial charge on any atom is -0.494 e. The number of hydroxylamine groups is 1. The molecule has 12 heteroatoms. The molecule has 0 unspecified atom stereocenters. The molecule has 0 aliphatic carbocycles. The van der Waals surface area contributed by atoms with E-state index in [1.165, 1.54) is 50.5 Å². The molecule has 4 aromatic rings. The number of hydrogen-bond donors (Lipinski definition) is 2. The summed E-state index contributed by atoms with van der Waals surface area (Å²) in [6.07, 6.45) is 8.99. The number of carbonyl (C=O) groups is 1. The molecule has 3 aliphatic rings. The molecule has 11 nitrogen and oxygen atoms in total. The Labute approximate surface area is 298 Å². The molecule has 0 spiro atoms. The lowest BCUT2D eigenvalue weighted by Crippen LogP contribution is -2.44. The Kier molecular flexibility index (Phi) is 10.6. The van der Waals surface area contributed by atoms with Gasteiger partial charge in [0.05, 0.1) is 36.8 Å². The van der Waals surface area contributed by atoms with Crippen LogP contribution in [-0.2, 0) is 16.1 Å². The van der Waals surface area contributed by atoms with E-state index in [-0.39, 0.29) is 17.8 Å². The second-order valence-corrected chi connectivity index (χ2v) is 13.1. The number of ether oxygens (including phenoxy) is 2. The number of methoxy groups -OCH3 is 1. The van der Waals surface area contributed by atoms with E-state index in [0.717, 1.165) is 43.6 Å². The lowest BCUT2D eigenvalue weighted by Gasteiger charge is -2.38. The number of likely N-dealkylation sites (tertiary alicyclic amines) is 1. The summed E-state index contributed by atoms with van der Waals surface area (Å²) in [6.45, 7) is 8.38. The standard InChI is InChI=1S/C39H44FN7O4/c1-3-39(48)44-33-23-34(36(49-2)24-35(33)46-17-12-29(13-18-46)45-15-4-5-16-45)43-37-25-38(42-26-41-37)47-30(14-19-50-47)20-27-8-6-10-31(21-27)51-32-11-7-9-28(40)22-32/h3,6-11,21-26,29-30H,1,4-5,12-20H2,2H3,(H,44,48)(H,41,42,43)/t30-/m1/s1. The van der Waals surface area contributed by atoms with Gasteiger partial charge in [0.25, 0.3) is 0 Å². The molecular weight excluding hydrogens is 649 g/mol. The van der Waals surface area contributed by atoms with Crippen molar-refractivity contribution in [3.63, 3.8) is 0 Å². The number of nitrogens with zero attached hydrogens (tertiary/aromatic N) is 5. The number of piperidine rings is 1. The van der Waals surface area contributed by atoms with Gasteiger partial charge in [-0.2, -0.15) is 0 Å². The van der Waals surface area contributed by atoms with Gasteiger partial charge in [-0.3, -0.25) is 9.63 Å². The predicted molar refractivity (Wildman–Crippen MR) is 197 cm³/mol. The molecule has 266 valence electrons. The first-order valence-electron chi connectivity index (χ1n) is 17.6. The van der Waals surface area contributed by atoms with Crippen LogP contribution in [0.3, 0.4) is 0 Å². The van der Waals surface area contributed by atoms with Gasteiger partial charge < -0.3 is 29.9 Å². The average molecular weight is 694 g/mol. The smallest absolute Gasteiger partial charge is 0.247 e. The maximum Gasteiger partial charge on any atom is 0.247 e. The van der Waals surface area contributed by atoms with Crippen LogP contribution >= 0.6 is 0 Å². The maximum atomic E-state index is 13.7. The zero-order valence-electron chi connectivity index (χ0n) is 28.9. The monoisotopic (exact) mass is 693 g/mol. The van der Waals surface area contributed by atoms with Gasteiger partial charge in [-0.1, -0.05) is 24.8 Å². The normalized spacial score (nSPS) is 18.1. The Morgan fingerprint density at radius 3 is 2.53 bits per heavy atom. The number of aromatic nitrogens is 2. The van der Waals surface area contributed by atoms with E-state index in [1.54, 1.807) is 19.2 Å². The number of carbonyl (C=O) groups excluding carboxylic acids is 1. The SMILES string of the molecule is C=CC(=O)Nc1cc(Nc2cc(N3OCC[C@@H]3Cc3cccc(Oc4cccc(F)c4)c3)ncn2)c(OC)cc1N1CCC(N2CCCC2)CC1. The van der Waals surface area contributed by atoms with Crippen molar-refractivity contribution in [1.82, 2.24) is 14.9 Å². The highest BCUT2D eigenvalue weighted by Crippen LogP contribution is 2.40. The molecule has 3 aromatic carbocycles. The topological polar surface area (TPSA) is 104 Å². The molecule has 7 rings (SSSR count). The number of anilines is 5. The molecule has 1 amide bonds. The van der Waals surface area contributed by atoms with Gasteiger partial charge in [0.15, 0.2) is 5.82 Å². The first-order valence-corrected chi connectivity index (χ1v) is 17.6. The highest BCUT2D eigenvalue weighted by molar-refractivity contribution is 6.02. The largest absolute Gasteiger partial charge is 0.494 e. The Morgan fingerprint density at radius 2 is 1.76 bits per heavy atom. The summed E-state index contributed by atoms with van der Waals surface area (Å²) in [5.74, 6) is 2.22. The molecule has 3 fully saturated rings. The molecule has 0 radical (unpaired) electrons. The third kappa shape index (κ3) is 8.24. The fourth-order valence-corrected chi connectivity index (χ4v) is 7.26. The summed E-state index contributed by atoms with van der Waals surface area (Å²) in [5, 5.41) is 8.23. The van der Waals surface area contributed by atoms with E-state index in [0.29, 0.717) is 59.3 Å². The van der Waals surface area contributed by atoms with Crippen LogP contribution in [0.1, 0.15) is 37.7 Å². The summed E-state index contributed by atoms with van der Waals surface area (Å²) in [7, 11) is 1.64. The molecule has 0 saturated carbocycles. The van der Waals surface area contributed by atoms with Crippen molar-refractivity contribution in [2.24, 2.45) is 0 Å². The number of rotatable bonds is 12. The van der Waals surface area contributed by atoms with Gasteiger partial charge >= 0.3 is 0 Å². The molecule has 1 atom stereocenters. The van der Waals surface area contributed by atoms with Crippen LogP contribution < -0.4 is 30.1 Å². The first-order chi connectivity index (χ1) is 24.9. The highest BCUT2D eigenvalue weighted by Gasteiger charge is 2.30. The van der Waals surface area contributed by atoms with Gasteiger partial charge in [0.2, 0.25) is 5.91 Å². The molecule has 51 heavy (non-hydrogen) atoms. The number of hydrogen-bond acceptors (Lipinski definition) is 10. The average Bonchev–Trinajstić information content (AvgIpc) is 3.86. The number of amides is 1. The molecule has 3 saturated heterocycles. The van der Waals surface area contributed by atoms with E-state index in [4.69, 9.17) is 14.3 Å². The second kappa shape index (κ2) is 15.8. The number of nitrogens with one attached hydrogen (secondary N) is 2. The summed E-state index contributed by atoms with van der Waals surface area (Å²) < 4.78 is 25.5. The van der Waals surface area contributed by atoms with Crippen LogP contribution in [0.2, 0.25) is 0 Å². The third-order valence-electron chi connectivity index (χ3n) is 9.78. The summed E-state index contributed by atoms with van der Waals surface area (Å²) in [4.78, 5) is 32.6. The van der Waals surface area contributed by atoms with E-state index in [2.05, 4.69) is 37.0 Å². The van der Waals surface area contributed by atoms with Crippen molar-refractivity contribution < 1.29 is 23.5 Å². The van der Waals surface area contributed by atoms with Crippen LogP contribution in [0.25, 0.3) is 0 Å². The Bertz CT molecular complexity index is 1840. The van der Waals surface area contributed by atoms with Crippen LogP contribution in [-0.4, -0.2) is 72.8 Å². The zero-order valence-corrected chi connectivity index (χ0v) is 28.9. The zero-order chi connectivity index (χ0) is 35.2. The van der Waals surface area contributed by atoms with E-state index < -0.39 is 0 Å². The van der Waals surface area contributed by atoms with Gasteiger partial charge in [0.1, 0.15) is 35.2 Å². The maximum absolute atomic E-state index is 13.7. The van der Waals surface area contributed by atoms with E-state index in [1.807, 2.05) is 47.5 Å². The summed E-state index contributed by atoms with van der Waals surface area (Å²) in [6, 6.07) is 20.2. The third-order valence-corrected chi connectivity index (χ3v) is 9.78. The van der Waals surface area contributed by atoms with Gasteiger partial charge in [-0.05, 0) is 93.6 Å². The van der Waals surface area contributed by atoms with Gasteiger partial charge in [0, 0.05) is 37.3 Å². The van der Waals surface area contributed by atoms with Gasteiger partial charge in [-0.15, -0.1) is 0 Å². The van der Waals surface area contributed by atoms with Crippen LogP contribution in [0, 0.1) is 5.82 Å². The lowest BCUT2D eigenvalue weighted by atomic mass is 10.0. The fraction of sp³-hybridized carbons (Fsp3) is 0.359. The van der Waals surface area contributed by atoms with Crippen molar-refractivity contribution in [3.8, 4) is 17.2 Å². The molecule has 0 bridgehead atoms. The van der Waals surface area contributed by atoms with Crippen LogP contribution in [0.15, 0.2) is 85.7 Å². The van der Waals surface area contributed by atoms with Crippen LogP contribution in [0.4, 0.5) is 33.1 Å². The molecule has 3 aliphatic heterocycles. The van der Waals surface area contributed by atoms with Crippen molar-refractivity contribution in [3.05, 3.63) is 97.1 Å². The molecular formula is C39H44FN7O4. The highest BCUT2D eigenvalue weighted by atomic mass is 19.1. The number of halogens is 1. The molecule has 4 heterocycles. The lowest BCUT2D eigenvalue weighted by molar-refractivity contribution is -0.111. The number of benzene rings is 3. The summed E-state index contributed by atoms with van der Waals surface area (Å²) in [5.41, 5.74) is 3.28. The predicted octanol–water partition coefficient (Wildman–Crippen LogP) is 7.10. The van der Waals surface area contributed by atoms with Crippen molar-refractivity contribution in [1.29, 1.82) is 0 Å². The van der Waals surface area contributed by atoms with Crippen molar-refractivity contribution in [2.45, 2.75) is 50.6 Å². The van der Waals surface area contributed by atoms with Gasteiger partial charge in [-0.25, -0.2) is 19.4 Å². The summed E-state index contributed by atoms with van der Waals surface area (Å²) >= 11 is 0. The fourth-order valence-electron chi connectivity index (χ4n) is 7.26. The minimum absolute atomic E-state index is 0.0151. The second-order valence-electron chi connectivity index (χ2n) is 13.1. The quantitative estimate of drug-likeness (QED) is 0.149. The van der Waals surface area contributed by atoms with Crippen molar-refractivity contribution >= 4 is 34.6 Å². The molecule has 2 N–H and O–H groups in total. The van der Waals surface area contributed by atoms with Crippen molar-refractivity contribution in [2.75, 3.05) is 60.5 Å². The molecule has 1 aromatic heterocycles. The minimum atomic E-state index is -0.347.